The standard InChI is InChI=1S/C16H18ClN3O/c17-16-13(2-1-7-19-16)12-21-15-5-3-14(4-6-15)20-10-8-18-9-11-20/h1-7,18H,8-12H2. The van der Waals surface area contributed by atoms with Crippen molar-refractivity contribution in [1.29, 1.82) is 0 Å². The predicted octanol–water partition coefficient (Wildman–Crippen LogP) is 2.72. The van der Waals surface area contributed by atoms with Crippen LogP contribution in [0.3, 0.4) is 0 Å². The molecular weight excluding hydrogens is 286 g/mol. The summed E-state index contributed by atoms with van der Waals surface area (Å²) in [6.07, 6.45) is 1.67. The molecule has 1 fully saturated rings. The summed E-state index contributed by atoms with van der Waals surface area (Å²) in [7, 11) is 0. The van der Waals surface area contributed by atoms with Crippen LogP contribution in [0.1, 0.15) is 5.56 Å². The summed E-state index contributed by atoms with van der Waals surface area (Å²) in [5.74, 6) is 0.841. The maximum absolute atomic E-state index is 6.01. The fourth-order valence-corrected chi connectivity index (χ4v) is 2.54. The molecule has 21 heavy (non-hydrogen) atoms. The lowest BCUT2D eigenvalue weighted by molar-refractivity contribution is 0.306. The first-order valence-corrected chi connectivity index (χ1v) is 7.48. The van der Waals surface area contributed by atoms with Crippen molar-refractivity contribution in [3.05, 3.63) is 53.3 Å². The fraction of sp³-hybridized carbons (Fsp3) is 0.312. The number of rotatable bonds is 4. The van der Waals surface area contributed by atoms with Gasteiger partial charge in [0.1, 0.15) is 17.5 Å². The van der Waals surface area contributed by atoms with Crippen molar-refractivity contribution in [2.45, 2.75) is 6.61 Å². The van der Waals surface area contributed by atoms with Crippen LogP contribution >= 0.6 is 11.6 Å². The number of aromatic nitrogens is 1. The lowest BCUT2D eigenvalue weighted by Gasteiger charge is -2.29. The van der Waals surface area contributed by atoms with E-state index in [1.54, 1.807) is 6.20 Å². The summed E-state index contributed by atoms with van der Waals surface area (Å²) < 4.78 is 5.76. The Morgan fingerprint density at radius 3 is 2.62 bits per heavy atom. The minimum absolute atomic E-state index is 0.430. The van der Waals surface area contributed by atoms with Gasteiger partial charge in [-0.1, -0.05) is 17.7 Å². The Kier molecular flexibility index (Phi) is 4.58. The zero-order valence-corrected chi connectivity index (χ0v) is 12.5. The van der Waals surface area contributed by atoms with Gasteiger partial charge in [-0.25, -0.2) is 4.98 Å². The largest absolute Gasteiger partial charge is 0.489 e. The molecule has 0 amide bonds. The Morgan fingerprint density at radius 2 is 1.90 bits per heavy atom. The van der Waals surface area contributed by atoms with Gasteiger partial charge in [0, 0.05) is 43.6 Å². The van der Waals surface area contributed by atoms with Crippen molar-refractivity contribution < 1.29 is 4.74 Å². The molecule has 0 spiro atoms. The number of pyridine rings is 1. The highest BCUT2D eigenvalue weighted by Gasteiger charge is 2.10. The second-order valence-electron chi connectivity index (χ2n) is 4.97. The van der Waals surface area contributed by atoms with E-state index in [0.29, 0.717) is 11.8 Å². The molecule has 0 saturated carbocycles. The third kappa shape index (κ3) is 3.65. The summed E-state index contributed by atoms with van der Waals surface area (Å²) >= 11 is 6.01. The average Bonchev–Trinajstić information content (AvgIpc) is 2.55. The Hall–Kier alpha value is -1.78. The number of nitrogens with zero attached hydrogens (tertiary/aromatic N) is 2. The topological polar surface area (TPSA) is 37.4 Å². The molecule has 3 rings (SSSR count). The van der Waals surface area contributed by atoms with Gasteiger partial charge in [0.25, 0.3) is 0 Å². The Bertz CT molecular complexity index is 582. The highest BCUT2D eigenvalue weighted by Crippen LogP contribution is 2.21. The van der Waals surface area contributed by atoms with Crippen LogP contribution in [0.4, 0.5) is 5.69 Å². The van der Waals surface area contributed by atoms with Gasteiger partial charge in [0.15, 0.2) is 0 Å². The lowest BCUT2D eigenvalue weighted by Crippen LogP contribution is -2.43. The van der Waals surface area contributed by atoms with Crippen LogP contribution in [-0.4, -0.2) is 31.2 Å². The minimum Gasteiger partial charge on any atom is -0.489 e. The van der Waals surface area contributed by atoms with E-state index in [1.807, 2.05) is 24.3 Å². The smallest absolute Gasteiger partial charge is 0.135 e. The van der Waals surface area contributed by atoms with Crippen molar-refractivity contribution >= 4 is 17.3 Å². The normalized spacial score (nSPS) is 15.0. The number of halogens is 1. The Balaban J connectivity index is 1.60. The first-order valence-electron chi connectivity index (χ1n) is 7.11. The summed E-state index contributed by atoms with van der Waals surface area (Å²) in [4.78, 5) is 6.41. The summed E-state index contributed by atoms with van der Waals surface area (Å²) in [5, 5.41) is 3.85. The molecule has 1 aliphatic rings. The molecule has 1 aromatic carbocycles. The second-order valence-corrected chi connectivity index (χ2v) is 5.33. The number of piperazine rings is 1. The molecule has 0 radical (unpaired) electrons. The maximum atomic E-state index is 6.01. The molecule has 5 heteroatoms. The minimum atomic E-state index is 0.430. The van der Waals surface area contributed by atoms with Crippen LogP contribution in [0, 0.1) is 0 Å². The molecular formula is C16H18ClN3O. The molecule has 1 saturated heterocycles. The predicted molar refractivity (Wildman–Crippen MR) is 85.1 cm³/mol. The van der Waals surface area contributed by atoms with E-state index in [1.165, 1.54) is 5.69 Å². The van der Waals surface area contributed by atoms with E-state index < -0.39 is 0 Å². The third-order valence-electron chi connectivity index (χ3n) is 3.55. The monoisotopic (exact) mass is 303 g/mol. The molecule has 4 nitrogen and oxygen atoms in total. The van der Waals surface area contributed by atoms with Crippen LogP contribution < -0.4 is 15.0 Å². The number of hydrogen-bond acceptors (Lipinski definition) is 4. The van der Waals surface area contributed by atoms with Crippen molar-refractivity contribution in [2.24, 2.45) is 0 Å². The Labute approximate surface area is 129 Å². The first kappa shape index (κ1) is 14.2. The van der Waals surface area contributed by atoms with Crippen LogP contribution in [0.25, 0.3) is 0 Å². The van der Waals surface area contributed by atoms with Crippen molar-refractivity contribution in [1.82, 2.24) is 10.3 Å². The molecule has 0 aliphatic carbocycles. The van der Waals surface area contributed by atoms with Gasteiger partial charge in [-0.15, -0.1) is 0 Å². The van der Waals surface area contributed by atoms with Crippen molar-refractivity contribution in [2.75, 3.05) is 31.1 Å². The van der Waals surface area contributed by atoms with Gasteiger partial charge in [-0.3, -0.25) is 0 Å². The zero-order valence-electron chi connectivity index (χ0n) is 11.8. The summed E-state index contributed by atoms with van der Waals surface area (Å²) in [5.41, 5.74) is 2.13. The van der Waals surface area contributed by atoms with Gasteiger partial charge < -0.3 is 15.0 Å². The molecule has 110 valence electrons. The molecule has 1 aliphatic heterocycles. The highest BCUT2D eigenvalue weighted by molar-refractivity contribution is 6.30. The first-order chi connectivity index (χ1) is 10.3. The van der Waals surface area contributed by atoms with E-state index in [-0.39, 0.29) is 0 Å². The van der Waals surface area contributed by atoms with Crippen LogP contribution in [0.15, 0.2) is 42.6 Å². The highest BCUT2D eigenvalue weighted by atomic mass is 35.5. The van der Waals surface area contributed by atoms with Crippen molar-refractivity contribution in [3.8, 4) is 5.75 Å². The number of hydrogen-bond donors (Lipinski definition) is 1. The van der Waals surface area contributed by atoms with Crippen molar-refractivity contribution in [3.63, 3.8) is 0 Å². The van der Waals surface area contributed by atoms with E-state index >= 15 is 0 Å². The molecule has 1 aromatic heterocycles. The number of anilines is 1. The summed E-state index contributed by atoms with van der Waals surface area (Å²) in [6, 6.07) is 12.0. The van der Waals surface area contributed by atoms with Gasteiger partial charge in [0.2, 0.25) is 0 Å². The van der Waals surface area contributed by atoms with Crippen LogP contribution in [0.5, 0.6) is 5.75 Å². The number of nitrogens with one attached hydrogen (secondary N) is 1. The van der Waals surface area contributed by atoms with Gasteiger partial charge in [-0.05, 0) is 30.3 Å². The zero-order chi connectivity index (χ0) is 14.5. The second kappa shape index (κ2) is 6.78. The van der Waals surface area contributed by atoms with Gasteiger partial charge in [-0.2, -0.15) is 0 Å². The Morgan fingerprint density at radius 1 is 1.14 bits per heavy atom. The van der Waals surface area contributed by atoms with Gasteiger partial charge >= 0.3 is 0 Å². The molecule has 1 N–H and O–H groups in total. The lowest BCUT2D eigenvalue weighted by atomic mass is 10.2. The number of ether oxygens (including phenoxy) is 1. The summed E-state index contributed by atoms with van der Waals surface area (Å²) in [6.45, 7) is 4.60. The number of benzene rings is 1. The quantitative estimate of drug-likeness (QED) is 0.881. The molecule has 2 heterocycles. The maximum Gasteiger partial charge on any atom is 0.135 e. The SMILES string of the molecule is Clc1ncccc1COc1ccc(N2CCNCC2)cc1. The molecule has 2 aromatic rings. The average molecular weight is 304 g/mol. The van der Waals surface area contributed by atoms with Crippen LogP contribution in [0.2, 0.25) is 5.15 Å². The van der Waals surface area contributed by atoms with Gasteiger partial charge in [0.05, 0.1) is 0 Å². The van der Waals surface area contributed by atoms with E-state index in [0.717, 1.165) is 37.5 Å². The molecule has 0 unspecified atom stereocenters. The molecule has 0 atom stereocenters. The molecule has 0 bridgehead atoms. The third-order valence-corrected chi connectivity index (χ3v) is 3.89. The van der Waals surface area contributed by atoms with E-state index in [2.05, 4.69) is 27.3 Å². The fourth-order valence-electron chi connectivity index (χ4n) is 2.36. The van der Waals surface area contributed by atoms with E-state index in [9.17, 15) is 0 Å². The van der Waals surface area contributed by atoms with Crippen LogP contribution in [-0.2, 0) is 6.61 Å². The van der Waals surface area contributed by atoms with E-state index in [4.69, 9.17) is 16.3 Å².